The van der Waals surface area contributed by atoms with E-state index < -0.39 is 0 Å². The molecule has 3 aromatic rings. The zero-order chi connectivity index (χ0) is 14.7. The number of para-hydroxylation sites is 1. The Labute approximate surface area is 124 Å². The van der Waals surface area contributed by atoms with Crippen LogP contribution in [0, 0.1) is 0 Å². The maximum atomic E-state index is 5.79. The van der Waals surface area contributed by atoms with Crippen LogP contribution in [0.15, 0.2) is 60.8 Å². The number of hydrogen-bond acceptors (Lipinski definition) is 3. The molecule has 0 atom stereocenters. The summed E-state index contributed by atoms with van der Waals surface area (Å²) in [5.74, 6) is 2.65. The van der Waals surface area contributed by atoms with Gasteiger partial charge in [-0.1, -0.05) is 30.3 Å². The molecule has 1 aromatic heterocycles. The summed E-state index contributed by atoms with van der Waals surface area (Å²) in [5, 5.41) is 7.11. The third-order valence-electron chi connectivity index (χ3n) is 3.21. The minimum Gasteiger partial charge on any atom is -0.457 e. The molecule has 0 fully saturated rings. The maximum Gasteiger partial charge on any atom is 0.131 e. The molecule has 4 nitrogen and oxygen atoms in total. The molecule has 0 aliphatic carbocycles. The highest BCUT2D eigenvalue weighted by molar-refractivity contribution is 5.75. The normalized spacial score (nSPS) is 10.4. The van der Waals surface area contributed by atoms with E-state index in [1.54, 1.807) is 0 Å². The van der Waals surface area contributed by atoms with Crippen molar-refractivity contribution in [2.24, 2.45) is 0 Å². The van der Waals surface area contributed by atoms with Gasteiger partial charge >= 0.3 is 0 Å². The Balaban J connectivity index is 1.82. The van der Waals surface area contributed by atoms with Crippen LogP contribution in [-0.2, 0) is 0 Å². The fraction of sp³-hybridized carbons (Fsp3) is 0.118. The van der Waals surface area contributed by atoms with Crippen molar-refractivity contribution in [3.63, 3.8) is 0 Å². The van der Waals surface area contributed by atoms with Crippen molar-refractivity contribution in [1.82, 2.24) is 10.2 Å². The van der Waals surface area contributed by atoms with Gasteiger partial charge in [0.2, 0.25) is 0 Å². The number of aromatic amines is 1. The van der Waals surface area contributed by atoms with Crippen molar-refractivity contribution in [3.05, 3.63) is 60.8 Å². The first-order valence-corrected chi connectivity index (χ1v) is 6.78. The average Bonchev–Trinajstić information content (AvgIpc) is 2.99. The van der Waals surface area contributed by atoms with Crippen LogP contribution in [0.4, 0.5) is 5.82 Å². The number of nitrogens with one attached hydrogen (secondary N) is 1. The van der Waals surface area contributed by atoms with Crippen LogP contribution in [0.2, 0.25) is 0 Å². The first kappa shape index (κ1) is 13.2. The number of ether oxygens (including phenoxy) is 1. The van der Waals surface area contributed by atoms with Gasteiger partial charge < -0.3 is 9.64 Å². The largest absolute Gasteiger partial charge is 0.457 e. The first-order chi connectivity index (χ1) is 10.2. The molecule has 106 valence electrons. The number of rotatable bonds is 4. The van der Waals surface area contributed by atoms with Crippen molar-refractivity contribution >= 4 is 5.82 Å². The van der Waals surface area contributed by atoms with Gasteiger partial charge in [-0.25, -0.2) is 0 Å². The molecular formula is C17H17N3O. The Morgan fingerprint density at radius 3 is 2.24 bits per heavy atom. The van der Waals surface area contributed by atoms with Crippen molar-refractivity contribution in [2.75, 3.05) is 19.0 Å². The molecular weight excluding hydrogens is 262 g/mol. The van der Waals surface area contributed by atoms with Crippen LogP contribution in [0.5, 0.6) is 11.5 Å². The Kier molecular flexibility index (Phi) is 3.60. The SMILES string of the molecule is CN(C)c1[nH]ncc1-c1ccc(Oc2ccccc2)cc1. The van der Waals surface area contributed by atoms with E-state index in [2.05, 4.69) is 10.2 Å². The fourth-order valence-electron chi connectivity index (χ4n) is 2.16. The lowest BCUT2D eigenvalue weighted by Gasteiger charge is -2.12. The number of anilines is 1. The van der Waals surface area contributed by atoms with Crippen LogP contribution in [0.25, 0.3) is 11.1 Å². The van der Waals surface area contributed by atoms with Crippen LogP contribution in [0.3, 0.4) is 0 Å². The van der Waals surface area contributed by atoms with Crippen molar-refractivity contribution < 1.29 is 4.74 Å². The van der Waals surface area contributed by atoms with E-state index in [-0.39, 0.29) is 0 Å². The Morgan fingerprint density at radius 2 is 1.57 bits per heavy atom. The summed E-state index contributed by atoms with van der Waals surface area (Å²) in [4.78, 5) is 2.01. The molecule has 0 saturated carbocycles. The van der Waals surface area contributed by atoms with Gasteiger partial charge in [0, 0.05) is 19.7 Å². The molecule has 2 aromatic carbocycles. The van der Waals surface area contributed by atoms with Gasteiger partial charge in [0.05, 0.1) is 6.20 Å². The molecule has 0 saturated heterocycles. The van der Waals surface area contributed by atoms with Gasteiger partial charge in [-0.05, 0) is 29.8 Å². The highest BCUT2D eigenvalue weighted by atomic mass is 16.5. The lowest BCUT2D eigenvalue weighted by Crippen LogP contribution is -2.10. The summed E-state index contributed by atoms with van der Waals surface area (Å²) in [6.45, 7) is 0. The van der Waals surface area contributed by atoms with E-state index in [4.69, 9.17) is 4.74 Å². The zero-order valence-electron chi connectivity index (χ0n) is 12.1. The van der Waals surface area contributed by atoms with E-state index in [0.29, 0.717) is 0 Å². The summed E-state index contributed by atoms with van der Waals surface area (Å²) in [7, 11) is 3.98. The molecule has 0 radical (unpaired) electrons. The summed E-state index contributed by atoms with van der Waals surface area (Å²) < 4.78 is 5.79. The van der Waals surface area contributed by atoms with Gasteiger partial charge in [-0.15, -0.1) is 0 Å². The van der Waals surface area contributed by atoms with Crippen molar-refractivity contribution in [3.8, 4) is 22.6 Å². The topological polar surface area (TPSA) is 41.2 Å². The molecule has 0 unspecified atom stereocenters. The lowest BCUT2D eigenvalue weighted by atomic mass is 10.1. The molecule has 1 N–H and O–H groups in total. The van der Waals surface area contributed by atoms with E-state index in [0.717, 1.165) is 28.4 Å². The summed E-state index contributed by atoms with van der Waals surface area (Å²) in [5.41, 5.74) is 2.18. The van der Waals surface area contributed by atoms with Gasteiger partial charge in [0.15, 0.2) is 0 Å². The monoisotopic (exact) mass is 279 g/mol. The molecule has 0 aliphatic rings. The summed E-state index contributed by atoms with van der Waals surface area (Å²) in [6, 6.07) is 17.8. The van der Waals surface area contributed by atoms with E-state index in [1.165, 1.54) is 0 Å². The standard InChI is InChI=1S/C17H17N3O/c1-20(2)17-16(12-18-19-17)13-8-10-15(11-9-13)21-14-6-4-3-5-7-14/h3-12H,1-2H3,(H,18,19). The molecule has 1 heterocycles. The molecule has 0 bridgehead atoms. The number of aromatic nitrogens is 2. The summed E-state index contributed by atoms with van der Waals surface area (Å²) >= 11 is 0. The second-order valence-corrected chi connectivity index (χ2v) is 4.97. The van der Waals surface area contributed by atoms with Crippen LogP contribution < -0.4 is 9.64 Å². The maximum absolute atomic E-state index is 5.79. The number of benzene rings is 2. The number of nitrogens with zero attached hydrogens (tertiary/aromatic N) is 2. The average molecular weight is 279 g/mol. The minimum atomic E-state index is 0.819. The molecule has 0 amide bonds. The zero-order valence-corrected chi connectivity index (χ0v) is 12.1. The quantitative estimate of drug-likeness (QED) is 0.786. The fourth-order valence-corrected chi connectivity index (χ4v) is 2.16. The molecule has 0 spiro atoms. The third kappa shape index (κ3) is 2.89. The van der Waals surface area contributed by atoms with Crippen LogP contribution >= 0.6 is 0 Å². The highest BCUT2D eigenvalue weighted by Crippen LogP contribution is 2.30. The molecule has 3 rings (SSSR count). The molecule has 4 heteroatoms. The number of hydrogen-bond donors (Lipinski definition) is 1. The number of H-pyrrole nitrogens is 1. The Hall–Kier alpha value is -2.75. The Bertz CT molecular complexity index is 702. The third-order valence-corrected chi connectivity index (χ3v) is 3.21. The predicted molar refractivity (Wildman–Crippen MR) is 84.9 cm³/mol. The highest BCUT2D eigenvalue weighted by Gasteiger charge is 2.09. The van der Waals surface area contributed by atoms with Gasteiger partial charge in [0.25, 0.3) is 0 Å². The van der Waals surface area contributed by atoms with Crippen molar-refractivity contribution in [2.45, 2.75) is 0 Å². The molecule has 0 aliphatic heterocycles. The second kappa shape index (κ2) is 5.71. The van der Waals surface area contributed by atoms with E-state index in [1.807, 2.05) is 79.8 Å². The van der Waals surface area contributed by atoms with Crippen LogP contribution in [-0.4, -0.2) is 24.3 Å². The van der Waals surface area contributed by atoms with E-state index >= 15 is 0 Å². The Morgan fingerprint density at radius 1 is 0.905 bits per heavy atom. The molecule has 21 heavy (non-hydrogen) atoms. The minimum absolute atomic E-state index is 0.819. The smallest absolute Gasteiger partial charge is 0.131 e. The van der Waals surface area contributed by atoms with Crippen LogP contribution in [0.1, 0.15) is 0 Å². The lowest BCUT2D eigenvalue weighted by molar-refractivity contribution is 0.483. The van der Waals surface area contributed by atoms with Gasteiger partial charge in [-0.2, -0.15) is 5.10 Å². The van der Waals surface area contributed by atoms with Crippen molar-refractivity contribution in [1.29, 1.82) is 0 Å². The summed E-state index contributed by atoms with van der Waals surface area (Å²) in [6.07, 6.45) is 1.84. The van der Waals surface area contributed by atoms with Gasteiger partial charge in [0.1, 0.15) is 17.3 Å². The predicted octanol–water partition coefficient (Wildman–Crippen LogP) is 3.94. The first-order valence-electron chi connectivity index (χ1n) is 6.78. The second-order valence-electron chi connectivity index (χ2n) is 4.97. The van der Waals surface area contributed by atoms with E-state index in [9.17, 15) is 0 Å². The van der Waals surface area contributed by atoms with Gasteiger partial charge in [-0.3, -0.25) is 5.10 Å².